The van der Waals surface area contributed by atoms with Crippen molar-refractivity contribution >= 4 is 39.3 Å². The van der Waals surface area contributed by atoms with Crippen molar-refractivity contribution in [1.82, 2.24) is 0 Å². The van der Waals surface area contributed by atoms with E-state index in [0.717, 1.165) is 14.9 Å². The molecule has 0 saturated carbocycles. The van der Waals surface area contributed by atoms with Gasteiger partial charge in [-0.15, -0.1) is 11.3 Å². The Balaban J connectivity index is 2.05. The second-order valence-corrected chi connectivity index (χ2v) is 6.12. The van der Waals surface area contributed by atoms with Gasteiger partial charge in [-0.25, -0.2) is 4.79 Å². The molecule has 0 saturated heterocycles. The first-order valence-corrected chi connectivity index (χ1v) is 7.44. The van der Waals surface area contributed by atoms with Gasteiger partial charge in [-0.2, -0.15) is 5.26 Å². The highest BCUT2D eigenvalue weighted by molar-refractivity contribution is 9.11. The van der Waals surface area contributed by atoms with E-state index in [9.17, 15) is 4.79 Å². The SMILES string of the molecule is N#CC(=Cc1ccsc1Br)C(=O)OCc1ccccc1. The molecule has 20 heavy (non-hydrogen) atoms. The largest absolute Gasteiger partial charge is 0.457 e. The maximum absolute atomic E-state index is 11.9. The van der Waals surface area contributed by atoms with Crippen LogP contribution in [0.5, 0.6) is 0 Å². The number of hydrogen-bond donors (Lipinski definition) is 0. The Morgan fingerprint density at radius 1 is 1.35 bits per heavy atom. The van der Waals surface area contributed by atoms with Gasteiger partial charge in [-0.1, -0.05) is 30.3 Å². The number of carbonyl (C=O) groups excluding carboxylic acids is 1. The fourth-order valence-electron chi connectivity index (χ4n) is 1.50. The molecule has 0 atom stereocenters. The lowest BCUT2D eigenvalue weighted by Crippen LogP contribution is -2.06. The monoisotopic (exact) mass is 347 g/mol. The zero-order valence-corrected chi connectivity index (χ0v) is 12.8. The molecule has 0 fully saturated rings. The van der Waals surface area contributed by atoms with E-state index in [-0.39, 0.29) is 12.2 Å². The number of halogens is 1. The van der Waals surface area contributed by atoms with Crippen LogP contribution in [0.1, 0.15) is 11.1 Å². The zero-order chi connectivity index (χ0) is 14.4. The molecule has 1 aromatic heterocycles. The summed E-state index contributed by atoms with van der Waals surface area (Å²) in [7, 11) is 0. The lowest BCUT2D eigenvalue weighted by molar-refractivity contribution is -0.139. The summed E-state index contributed by atoms with van der Waals surface area (Å²) in [6, 6.07) is 13.0. The van der Waals surface area contributed by atoms with Crippen LogP contribution in [-0.2, 0) is 16.1 Å². The first-order valence-electron chi connectivity index (χ1n) is 5.76. The van der Waals surface area contributed by atoms with Crippen molar-refractivity contribution < 1.29 is 9.53 Å². The molecule has 0 unspecified atom stereocenters. The second-order valence-electron chi connectivity index (χ2n) is 3.88. The summed E-state index contributed by atoms with van der Waals surface area (Å²) in [6.07, 6.45) is 1.52. The van der Waals surface area contributed by atoms with E-state index in [1.54, 1.807) is 0 Å². The topological polar surface area (TPSA) is 50.1 Å². The summed E-state index contributed by atoms with van der Waals surface area (Å²) >= 11 is 4.85. The summed E-state index contributed by atoms with van der Waals surface area (Å²) in [6.45, 7) is 0.156. The molecule has 5 heteroatoms. The minimum absolute atomic E-state index is 0.0139. The van der Waals surface area contributed by atoms with Crippen LogP contribution in [0.3, 0.4) is 0 Å². The van der Waals surface area contributed by atoms with Gasteiger partial charge in [0.2, 0.25) is 0 Å². The van der Waals surface area contributed by atoms with Crippen LogP contribution in [0.15, 0.2) is 51.1 Å². The summed E-state index contributed by atoms with van der Waals surface area (Å²) in [5, 5.41) is 10.9. The molecular formula is C15H10BrNO2S. The van der Waals surface area contributed by atoms with Crippen molar-refractivity contribution in [3.05, 3.63) is 62.3 Å². The number of nitriles is 1. The molecule has 0 aliphatic rings. The molecule has 1 aromatic carbocycles. The van der Waals surface area contributed by atoms with Gasteiger partial charge in [0, 0.05) is 5.56 Å². The number of rotatable bonds is 4. The minimum atomic E-state index is -0.616. The van der Waals surface area contributed by atoms with Gasteiger partial charge in [-0.3, -0.25) is 0 Å². The summed E-state index contributed by atoms with van der Waals surface area (Å²) in [5.74, 6) is -0.616. The van der Waals surface area contributed by atoms with E-state index < -0.39 is 5.97 Å². The number of hydrogen-bond acceptors (Lipinski definition) is 4. The van der Waals surface area contributed by atoms with Crippen LogP contribution in [0.25, 0.3) is 6.08 Å². The van der Waals surface area contributed by atoms with E-state index in [1.807, 2.05) is 47.8 Å². The van der Waals surface area contributed by atoms with Crippen LogP contribution in [0, 0.1) is 11.3 Å². The maximum Gasteiger partial charge on any atom is 0.349 e. The van der Waals surface area contributed by atoms with Crippen molar-refractivity contribution in [2.24, 2.45) is 0 Å². The predicted octanol–water partition coefficient (Wildman–Crippen LogP) is 4.16. The number of esters is 1. The highest BCUT2D eigenvalue weighted by Crippen LogP contribution is 2.25. The van der Waals surface area contributed by atoms with Gasteiger partial charge in [0.15, 0.2) is 0 Å². The number of nitrogens with zero attached hydrogens (tertiary/aromatic N) is 1. The Labute approximate surface area is 129 Å². The molecule has 100 valence electrons. The maximum atomic E-state index is 11.9. The van der Waals surface area contributed by atoms with Crippen LogP contribution in [0.4, 0.5) is 0 Å². The highest BCUT2D eigenvalue weighted by Gasteiger charge is 2.12. The number of benzene rings is 1. The van der Waals surface area contributed by atoms with Crippen LogP contribution < -0.4 is 0 Å². The van der Waals surface area contributed by atoms with Gasteiger partial charge in [0.25, 0.3) is 0 Å². The molecular weight excluding hydrogens is 338 g/mol. The number of carbonyl (C=O) groups is 1. The summed E-state index contributed by atoms with van der Waals surface area (Å²) in [4.78, 5) is 11.9. The number of thiophene rings is 1. The minimum Gasteiger partial charge on any atom is -0.457 e. The van der Waals surface area contributed by atoms with Crippen molar-refractivity contribution in [2.75, 3.05) is 0 Å². The molecule has 0 amide bonds. The molecule has 0 radical (unpaired) electrons. The highest BCUT2D eigenvalue weighted by atomic mass is 79.9. The van der Waals surface area contributed by atoms with E-state index in [2.05, 4.69) is 15.9 Å². The second kappa shape index (κ2) is 7.04. The normalized spacial score (nSPS) is 10.9. The average molecular weight is 348 g/mol. The molecule has 0 aliphatic carbocycles. The third-order valence-electron chi connectivity index (χ3n) is 2.50. The lowest BCUT2D eigenvalue weighted by Gasteiger charge is -2.03. The van der Waals surface area contributed by atoms with Crippen molar-refractivity contribution in [2.45, 2.75) is 6.61 Å². The van der Waals surface area contributed by atoms with Crippen LogP contribution in [0.2, 0.25) is 0 Å². The van der Waals surface area contributed by atoms with Gasteiger partial charge >= 0.3 is 5.97 Å². The van der Waals surface area contributed by atoms with Crippen molar-refractivity contribution in [1.29, 1.82) is 5.26 Å². The first kappa shape index (κ1) is 14.5. The van der Waals surface area contributed by atoms with Gasteiger partial charge in [0.05, 0.1) is 3.79 Å². The fourth-order valence-corrected chi connectivity index (χ4v) is 2.67. The Hall–Kier alpha value is -1.90. The Morgan fingerprint density at radius 3 is 2.70 bits per heavy atom. The van der Waals surface area contributed by atoms with Gasteiger partial charge < -0.3 is 4.74 Å². The molecule has 0 aliphatic heterocycles. The molecule has 2 rings (SSSR count). The Kier molecular flexibility index (Phi) is 5.10. The van der Waals surface area contributed by atoms with E-state index in [4.69, 9.17) is 10.00 Å². The van der Waals surface area contributed by atoms with Gasteiger partial charge in [0.1, 0.15) is 18.2 Å². The summed E-state index contributed by atoms with van der Waals surface area (Å²) in [5.41, 5.74) is 1.66. The predicted molar refractivity (Wildman–Crippen MR) is 81.8 cm³/mol. The van der Waals surface area contributed by atoms with Crippen LogP contribution in [-0.4, -0.2) is 5.97 Å². The fraction of sp³-hybridized carbons (Fsp3) is 0.0667. The molecule has 0 spiro atoms. The lowest BCUT2D eigenvalue weighted by atomic mass is 10.2. The zero-order valence-electron chi connectivity index (χ0n) is 10.4. The van der Waals surface area contributed by atoms with E-state index >= 15 is 0 Å². The Morgan fingerprint density at radius 2 is 2.10 bits per heavy atom. The quantitative estimate of drug-likeness (QED) is 0.474. The Bertz CT molecular complexity index is 671. The number of ether oxygens (including phenoxy) is 1. The van der Waals surface area contributed by atoms with Gasteiger partial charge in [-0.05, 0) is 39.0 Å². The van der Waals surface area contributed by atoms with Crippen LogP contribution >= 0.6 is 27.3 Å². The molecule has 2 aromatic rings. The van der Waals surface area contributed by atoms with E-state index in [0.29, 0.717) is 0 Å². The molecule has 3 nitrogen and oxygen atoms in total. The molecule has 0 bridgehead atoms. The smallest absolute Gasteiger partial charge is 0.349 e. The first-order chi connectivity index (χ1) is 9.70. The van der Waals surface area contributed by atoms with Crippen molar-refractivity contribution in [3.63, 3.8) is 0 Å². The standard InChI is InChI=1S/C15H10BrNO2S/c16-14-12(6-7-20-14)8-13(9-17)15(18)19-10-11-4-2-1-3-5-11/h1-8H,10H2. The van der Waals surface area contributed by atoms with Crippen molar-refractivity contribution in [3.8, 4) is 6.07 Å². The third kappa shape index (κ3) is 3.80. The average Bonchev–Trinajstić information content (AvgIpc) is 2.88. The molecule has 1 heterocycles. The third-order valence-corrected chi connectivity index (χ3v) is 4.23. The molecule has 0 N–H and O–H groups in total. The summed E-state index contributed by atoms with van der Waals surface area (Å²) < 4.78 is 6.00. The van der Waals surface area contributed by atoms with E-state index in [1.165, 1.54) is 17.4 Å².